The van der Waals surface area contributed by atoms with Crippen LogP contribution in [0.1, 0.15) is 54.7 Å². The van der Waals surface area contributed by atoms with E-state index in [4.69, 9.17) is 4.74 Å². The van der Waals surface area contributed by atoms with Crippen LogP contribution in [0, 0.1) is 6.92 Å². The molecule has 0 radical (unpaired) electrons. The lowest BCUT2D eigenvalue weighted by Gasteiger charge is -2.29. The average Bonchev–Trinajstić information content (AvgIpc) is 3.11. The molecule has 0 bridgehead atoms. The molecule has 2 saturated carbocycles. The van der Waals surface area contributed by atoms with Gasteiger partial charge in [-0.3, -0.25) is 9.58 Å². The van der Waals surface area contributed by atoms with Crippen molar-refractivity contribution in [3.8, 4) is 0 Å². The molecule has 6 heteroatoms. The highest BCUT2D eigenvalue weighted by atomic mass is 79.9. The topological polar surface area (TPSA) is 47.4 Å². The van der Waals surface area contributed by atoms with Gasteiger partial charge in [-0.15, -0.1) is 0 Å². The van der Waals surface area contributed by atoms with Crippen molar-refractivity contribution in [2.45, 2.75) is 64.2 Å². The molecule has 5 nitrogen and oxygen atoms in total. The van der Waals surface area contributed by atoms with Crippen LogP contribution in [-0.2, 0) is 11.4 Å². The molecular formula is C15H22BrN3O2. The van der Waals surface area contributed by atoms with Crippen molar-refractivity contribution in [1.29, 1.82) is 0 Å². The van der Waals surface area contributed by atoms with Crippen LogP contribution >= 0.6 is 15.9 Å². The molecule has 2 aliphatic carbocycles. The molecule has 2 aliphatic rings. The number of aromatic nitrogens is 2. The molecule has 1 aromatic heterocycles. The Kier molecular flexibility index (Phi) is 4.36. The Labute approximate surface area is 133 Å². The number of nitrogens with zero attached hydrogens (tertiary/aromatic N) is 3. The summed E-state index contributed by atoms with van der Waals surface area (Å²) in [5, 5.41) is 4.46. The second-order valence-corrected chi connectivity index (χ2v) is 6.86. The van der Waals surface area contributed by atoms with Gasteiger partial charge < -0.3 is 4.74 Å². The van der Waals surface area contributed by atoms with Crippen molar-refractivity contribution in [3.05, 3.63) is 15.9 Å². The highest BCUT2D eigenvalue weighted by Gasteiger charge is 2.36. The van der Waals surface area contributed by atoms with Gasteiger partial charge in [0.1, 0.15) is 0 Å². The molecule has 0 unspecified atom stereocenters. The van der Waals surface area contributed by atoms with Gasteiger partial charge in [0.15, 0.2) is 5.69 Å². The Morgan fingerprint density at radius 1 is 1.33 bits per heavy atom. The van der Waals surface area contributed by atoms with Gasteiger partial charge in [0, 0.05) is 12.1 Å². The quantitative estimate of drug-likeness (QED) is 0.761. The van der Waals surface area contributed by atoms with Crippen LogP contribution in [0.5, 0.6) is 0 Å². The second kappa shape index (κ2) is 6.08. The Hall–Kier alpha value is -0.880. The van der Waals surface area contributed by atoms with E-state index >= 15 is 0 Å². The third kappa shape index (κ3) is 3.01. The molecule has 0 aliphatic heterocycles. The third-order valence-corrected chi connectivity index (χ3v) is 5.57. The van der Waals surface area contributed by atoms with Crippen molar-refractivity contribution in [1.82, 2.24) is 14.7 Å². The minimum absolute atomic E-state index is 0.372. The summed E-state index contributed by atoms with van der Waals surface area (Å²) in [5.41, 5.74) is 1.36. The Bertz CT molecular complexity index is 533. The standard InChI is InChI=1S/C15H22BrN3O2/c1-10-13(16)14(15(20)21-2)17-19(10)9-18(12-7-8-12)11-5-3-4-6-11/h11-12H,3-9H2,1-2H3. The number of ether oxygens (including phenoxy) is 1. The molecule has 3 rings (SSSR count). The zero-order valence-corrected chi connectivity index (χ0v) is 14.2. The lowest BCUT2D eigenvalue weighted by Crippen LogP contribution is -2.37. The van der Waals surface area contributed by atoms with Crippen molar-refractivity contribution in [3.63, 3.8) is 0 Å². The average molecular weight is 356 g/mol. The first-order valence-corrected chi connectivity index (χ1v) is 8.48. The van der Waals surface area contributed by atoms with Crippen molar-refractivity contribution >= 4 is 21.9 Å². The molecule has 21 heavy (non-hydrogen) atoms. The number of esters is 1. The molecule has 0 saturated heterocycles. The highest BCUT2D eigenvalue weighted by molar-refractivity contribution is 9.10. The van der Waals surface area contributed by atoms with E-state index in [-0.39, 0.29) is 5.97 Å². The summed E-state index contributed by atoms with van der Waals surface area (Å²) in [5.74, 6) is -0.387. The van der Waals surface area contributed by atoms with Crippen molar-refractivity contribution in [2.24, 2.45) is 0 Å². The first-order chi connectivity index (χ1) is 10.1. The number of carbonyl (C=O) groups is 1. The summed E-state index contributed by atoms with van der Waals surface area (Å²) < 4.78 is 7.48. The van der Waals surface area contributed by atoms with E-state index in [1.807, 2.05) is 11.6 Å². The van der Waals surface area contributed by atoms with E-state index in [0.717, 1.165) is 16.8 Å². The summed E-state index contributed by atoms with van der Waals surface area (Å²) in [7, 11) is 1.39. The number of hydrogen-bond donors (Lipinski definition) is 0. The number of halogens is 1. The molecule has 0 aromatic carbocycles. The zero-order valence-electron chi connectivity index (χ0n) is 12.6. The van der Waals surface area contributed by atoms with Crippen LogP contribution in [0.3, 0.4) is 0 Å². The molecular weight excluding hydrogens is 334 g/mol. The molecule has 0 spiro atoms. The SMILES string of the molecule is COC(=O)c1nn(CN(C2CCCC2)C2CC2)c(C)c1Br. The number of carbonyl (C=O) groups excluding carboxylic acids is 1. The smallest absolute Gasteiger partial charge is 0.359 e. The van der Waals surface area contributed by atoms with Crippen LogP contribution in [0.2, 0.25) is 0 Å². The number of methoxy groups -OCH3 is 1. The maximum atomic E-state index is 11.7. The number of hydrogen-bond acceptors (Lipinski definition) is 4. The minimum Gasteiger partial charge on any atom is -0.464 e. The van der Waals surface area contributed by atoms with Gasteiger partial charge in [0.25, 0.3) is 0 Å². The fourth-order valence-electron chi connectivity index (χ4n) is 3.21. The normalized spacial score (nSPS) is 19.4. The van der Waals surface area contributed by atoms with E-state index in [9.17, 15) is 4.79 Å². The largest absolute Gasteiger partial charge is 0.464 e. The van der Waals surface area contributed by atoms with Crippen LogP contribution in [0.4, 0.5) is 0 Å². The van der Waals surface area contributed by atoms with Gasteiger partial charge in [0.05, 0.1) is 23.9 Å². The summed E-state index contributed by atoms with van der Waals surface area (Å²) in [4.78, 5) is 14.3. The first-order valence-electron chi connectivity index (χ1n) is 7.68. The Balaban J connectivity index is 1.81. The van der Waals surface area contributed by atoms with Crippen molar-refractivity contribution < 1.29 is 9.53 Å². The Morgan fingerprint density at radius 3 is 2.52 bits per heavy atom. The maximum absolute atomic E-state index is 11.7. The first kappa shape index (κ1) is 15.0. The molecule has 1 aromatic rings. The molecule has 116 valence electrons. The fourth-order valence-corrected chi connectivity index (χ4v) is 3.66. The van der Waals surface area contributed by atoms with E-state index in [1.165, 1.54) is 45.6 Å². The van der Waals surface area contributed by atoms with Gasteiger partial charge in [-0.2, -0.15) is 5.10 Å². The number of rotatable bonds is 5. The molecule has 0 amide bonds. The monoisotopic (exact) mass is 355 g/mol. The predicted molar refractivity (Wildman–Crippen MR) is 83.1 cm³/mol. The van der Waals surface area contributed by atoms with E-state index in [1.54, 1.807) is 0 Å². The highest BCUT2D eigenvalue weighted by Crippen LogP contribution is 2.35. The van der Waals surface area contributed by atoms with Crippen LogP contribution in [0.25, 0.3) is 0 Å². The summed E-state index contributed by atoms with van der Waals surface area (Å²) >= 11 is 3.47. The molecule has 2 fully saturated rings. The van der Waals surface area contributed by atoms with Gasteiger partial charge >= 0.3 is 5.97 Å². The lowest BCUT2D eigenvalue weighted by atomic mass is 10.2. The Morgan fingerprint density at radius 2 is 1.95 bits per heavy atom. The van der Waals surface area contributed by atoms with Gasteiger partial charge in [-0.05, 0) is 48.5 Å². The minimum atomic E-state index is -0.387. The molecule has 0 N–H and O–H groups in total. The maximum Gasteiger partial charge on any atom is 0.359 e. The van der Waals surface area contributed by atoms with Crippen molar-refractivity contribution in [2.75, 3.05) is 7.11 Å². The fraction of sp³-hybridized carbons (Fsp3) is 0.733. The van der Waals surface area contributed by atoms with Crippen LogP contribution < -0.4 is 0 Å². The second-order valence-electron chi connectivity index (χ2n) is 6.06. The third-order valence-electron chi connectivity index (χ3n) is 4.62. The van der Waals surface area contributed by atoms with Gasteiger partial charge in [-0.1, -0.05) is 12.8 Å². The zero-order chi connectivity index (χ0) is 15.0. The van der Waals surface area contributed by atoms with Crippen LogP contribution in [-0.4, -0.2) is 39.8 Å². The molecule has 0 atom stereocenters. The summed E-state index contributed by atoms with van der Waals surface area (Å²) in [6.45, 7) is 2.76. The van der Waals surface area contributed by atoms with Gasteiger partial charge in [0.2, 0.25) is 0 Å². The predicted octanol–water partition coefficient (Wildman–Crippen LogP) is 3.11. The molecule has 1 heterocycles. The summed E-state index contributed by atoms with van der Waals surface area (Å²) in [6, 6.07) is 1.39. The van der Waals surface area contributed by atoms with E-state index < -0.39 is 0 Å². The summed E-state index contributed by atoms with van der Waals surface area (Å²) in [6.07, 6.45) is 7.85. The van der Waals surface area contributed by atoms with E-state index in [0.29, 0.717) is 17.8 Å². The van der Waals surface area contributed by atoms with Gasteiger partial charge in [-0.25, -0.2) is 4.79 Å². The lowest BCUT2D eigenvalue weighted by molar-refractivity contribution is 0.0590. The van der Waals surface area contributed by atoms with Crippen LogP contribution in [0.15, 0.2) is 4.47 Å². The van der Waals surface area contributed by atoms with E-state index in [2.05, 4.69) is 25.9 Å².